The Morgan fingerprint density at radius 1 is 1.39 bits per heavy atom. The maximum Gasteiger partial charge on any atom is 0.00761 e. The van der Waals surface area contributed by atoms with E-state index < -0.39 is 0 Å². The highest BCUT2D eigenvalue weighted by Gasteiger charge is 2.22. The number of aryl methyl sites for hydroxylation is 1. The van der Waals surface area contributed by atoms with Gasteiger partial charge in [-0.25, -0.2) is 0 Å². The van der Waals surface area contributed by atoms with Crippen molar-refractivity contribution in [1.82, 2.24) is 4.90 Å². The van der Waals surface area contributed by atoms with Gasteiger partial charge >= 0.3 is 0 Å². The molecular formula is C16H26N2. The molecule has 0 fully saturated rings. The lowest BCUT2D eigenvalue weighted by Gasteiger charge is -2.32. The van der Waals surface area contributed by atoms with Crippen LogP contribution in [-0.2, 0) is 6.42 Å². The number of rotatable bonds is 5. The molecular weight excluding hydrogens is 220 g/mol. The molecule has 0 amide bonds. The summed E-state index contributed by atoms with van der Waals surface area (Å²) in [5.74, 6) is 0.708. The van der Waals surface area contributed by atoms with Crippen molar-refractivity contribution < 1.29 is 0 Å². The number of nitrogens with zero attached hydrogens (tertiary/aromatic N) is 1. The minimum Gasteiger partial charge on any atom is -0.330 e. The number of fused-ring (bicyclic) bond motifs is 1. The van der Waals surface area contributed by atoms with Gasteiger partial charge in [-0.3, -0.25) is 0 Å². The molecule has 1 aromatic rings. The van der Waals surface area contributed by atoms with Crippen LogP contribution in [0.1, 0.15) is 43.2 Å². The lowest BCUT2D eigenvalue weighted by molar-refractivity contribution is 0.226. The standard InChI is InChI=1S/C16H26N2/c1-13(10-11-17)18(2)12-15-8-5-7-14-6-3-4-9-16(14)15/h3-4,6,9,13,15H,5,7-8,10-12,17H2,1-2H3. The largest absolute Gasteiger partial charge is 0.330 e. The zero-order valence-electron chi connectivity index (χ0n) is 11.7. The van der Waals surface area contributed by atoms with Gasteiger partial charge < -0.3 is 10.6 Å². The third kappa shape index (κ3) is 3.12. The number of benzene rings is 1. The van der Waals surface area contributed by atoms with E-state index >= 15 is 0 Å². The van der Waals surface area contributed by atoms with Gasteiger partial charge in [-0.2, -0.15) is 0 Å². The minimum absolute atomic E-state index is 0.587. The molecule has 2 heteroatoms. The number of nitrogens with two attached hydrogens (primary N) is 1. The summed E-state index contributed by atoms with van der Waals surface area (Å²) >= 11 is 0. The zero-order chi connectivity index (χ0) is 13.0. The van der Waals surface area contributed by atoms with E-state index in [0.717, 1.165) is 19.5 Å². The van der Waals surface area contributed by atoms with E-state index in [4.69, 9.17) is 5.73 Å². The molecule has 100 valence electrons. The first-order valence-corrected chi connectivity index (χ1v) is 7.20. The van der Waals surface area contributed by atoms with Crippen molar-refractivity contribution in [3.63, 3.8) is 0 Å². The molecule has 0 bridgehead atoms. The number of hydrogen-bond acceptors (Lipinski definition) is 2. The van der Waals surface area contributed by atoms with E-state index in [2.05, 4.69) is 43.1 Å². The van der Waals surface area contributed by atoms with Crippen molar-refractivity contribution >= 4 is 0 Å². The first-order chi connectivity index (χ1) is 8.72. The van der Waals surface area contributed by atoms with Gasteiger partial charge in [0.25, 0.3) is 0 Å². The van der Waals surface area contributed by atoms with E-state index in [1.165, 1.54) is 19.3 Å². The highest BCUT2D eigenvalue weighted by molar-refractivity contribution is 5.32. The van der Waals surface area contributed by atoms with Crippen LogP contribution in [0.2, 0.25) is 0 Å². The van der Waals surface area contributed by atoms with Crippen molar-refractivity contribution in [2.45, 2.75) is 44.6 Å². The summed E-state index contributed by atoms with van der Waals surface area (Å²) in [6.07, 6.45) is 5.01. The molecule has 0 aliphatic heterocycles. The summed E-state index contributed by atoms with van der Waals surface area (Å²) < 4.78 is 0. The Balaban J connectivity index is 2.02. The second-order valence-corrected chi connectivity index (χ2v) is 5.65. The number of likely N-dealkylation sites (N-methyl/N-ethyl adjacent to an activating group) is 1. The summed E-state index contributed by atoms with van der Waals surface area (Å²) in [5.41, 5.74) is 8.79. The molecule has 0 heterocycles. The second kappa shape index (κ2) is 6.35. The summed E-state index contributed by atoms with van der Waals surface area (Å²) in [6.45, 7) is 4.23. The summed E-state index contributed by atoms with van der Waals surface area (Å²) in [6, 6.07) is 9.55. The lowest BCUT2D eigenvalue weighted by atomic mass is 9.82. The average molecular weight is 246 g/mol. The van der Waals surface area contributed by atoms with Crippen LogP contribution in [0.3, 0.4) is 0 Å². The third-order valence-corrected chi connectivity index (χ3v) is 4.34. The van der Waals surface area contributed by atoms with Gasteiger partial charge in [-0.05, 0) is 63.2 Å². The molecule has 2 atom stereocenters. The Morgan fingerprint density at radius 3 is 2.94 bits per heavy atom. The number of hydrogen-bond donors (Lipinski definition) is 1. The monoisotopic (exact) mass is 246 g/mol. The predicted molar refractivity (Wildman–Crippen MR) is 77.9 cm³/mol. The van der Waals surface area contributed by atoms with Crippen LogP contribution >= 0.6 is 0 Å². The van der Waals surface area contributed by atoms with Crippen LogP contribution in [0.15, 0.2) is 24.3 Å². The highest BCUT2D eigenvalue weighted by Crippen LogP contribution is 2.32. The molecule has 0 radical (unpaired) electrons. The molecule has 2 N–H and O–H groups in total. The predicted octanol–water partition coefficient (Wildman–Crippen LogP) is 2.78. The first-order valence-electron chi connectivity index (χ1n) is 7.20. The topological polar surface area (TPSA) is 29.3 Å². The molecule has 0 spiro atoms. The van der Waals surface area contributed by atoms with Crippen molar-refractivity contribution in [3.05, 3.63) is 35.4 Å². The van der Waals surface area contributed by atoms with Gasteiger partial charge in [-0.15, -0.1) is 0 Å². The van der Waals surface area contributed by atoms with E-state index in [0.29, 0.717) is 12.0 Å². The maximum absolute atomic E-state index is 5.65. The quantitative estimate of drug-likeness (QED) is 0.865. The first kappa shape index (κ1) is 13.6. The van der Waals surface area contributed by atoms with Gasteiger partial charge in [0.1, 0.15) is 0 Å². The molecule has 0 saturated heterocycles. The third-order valence-electron chi connectivity index (χ3n) is 4.34. The fourth-order valence-electron chi connectivity index (χ4n) is 3.03. The van der Waals surface area contributed by atoms with Gasteiger partial charge in [-0.1, -0.05) is 24.3 Å². The van der Waals surface area contributed by atoms with Crippen LogP contribution in [0.25, 0.3) is 0 Å². The van der Waals surface area contributed by atoms with Gasteiger partial charge in [0, 0.05) is 12.6 Å². The van der Waals surface area contributed by atoms with Gasteiger partial charge in [0.15, 0.2) is 0 Å². The fraction of sp³-hybridized carbons (Fsp3) is 0.625. The van der Waals surface area contributed by atoms with Gasteiger partial charge in [0.2, 0.25) is 0 Å². The molecule has 0 saturated carbocycles. The highest BCUT2D eigenvalue weighted by atomic mass is 15.1. The van der Waals surface area contributed by atoms with E-state index in [-0.39, 0.29) is 0 Å². The minimum atomic E-state index is 0.587. The van der Waals surface area contributed by atoms with E-state index in [9.17, 15) is 0 Å². The molecule has 1 aliphatic rings. The Hall–Kier alpha value is -0.860. The van der Waals surface area contributed by atoms with E-state index in [1.807, 2.05) is 0 Å². The Bertz CT molecular complexity index is 375. The van der Waals surface area contributed by atoms with Crippen molar-refractivity contribution in [1.29, 1.82) is 0 Å². The van der Waals surface area contributed by atoms with Crippen LogP contribution in [-0.4, -0.2) is 31.1 Å². The molecule has 18 heavy (non-hydrogen) atoms. The Labute approximate surface area is 111 Å². The summed E-state index contributed by atoms with van der Waals surface area (Å²) in [5, 5.41) is 0. The summed E-state index contributed by atoms with van der Waals surface area (Å²) in [4.78, 5) is 2.47. The molecule has 1 aliphatic carbocycles. The molecule has 0 aromatic heterocycles. The SMILES string of the molecule is CC(CCN)N(C)CC1CCCc2ccccc21. The second-order valence-electron chi connectivity index (χ2n) is 5.65. The molecule has 2 rings (SSSR count). The maximum atomic E-state index is 5.65. The molecule has 2 nitrogen and oxygen atoms in total. The Morgan fingerprint density at radius 2 is 2.17 bits per heavy atom. The van der Waals surface area contributed by atoms with E-state index in [1.54, 1.807) is 11.1 Å². The summed E-state index contributed by atoms with van der Waals surface area (Å²) in [7, 11) is 2.23. The lowest BCUT2D eigenvalue weighted by Crippen LogP contribution is -2.35. The average Bonchev–Trinajstić information content (AvgIpc) is 2.39. The molecule has 1 aromatic carbocycles. The van der Waals surface area contributed by atoms with Crippen molar-refractivity contribution in [3.8, 4) is 0 Å². The molecule has 2 unspecified atom stereocenters. The normalized spacial score (nSPS) is 20.8. The smallest absolute Gasteiger partial charge is 0.00761 e. The van der Waals surface area contributed by atoms with Crippen LogP contribution in [0.4, 0.5) is 0 Å². The van der Waals surface area contributed by atoms with Crippen LogP contribution < -0.4 is 5.73 Å². The van der Waals surface area contributed by atoms with Gasteiger partial charge in [0.05, 0.1) is 0 Å². The van der Waals surface area contributed by atoms with Crippen LogP contribution in [0, 0.1) is 0 Å². The van der Waals surface area contributed by atoms with Crippen LogP contribution in [0.5, 0.6) is 0 Å². The van der Waals surface area contributed by atoms with Crippen molar-refractivity contribution in [2.75, 3.05) is 20.1 Å². The van der Waals surface area contributed by atoms with Crippen molar-refractivity contribution in [2.24, 2.45) is 5.73 Å². The fourth-order valence-corrected chi connectivity index (χ4v) is 3.03. The zero-order valence-corrected chi connectivity index (χ0v) is 11.7. The Kier molecular flexibility index (Phi) is 4.79.